The lowest BCUT2D eigenvalue weighted by atomic mass is 10.1. The summed E-state index contributed by atoms with van der Waals surface area (Å²) in [5, 5.41) is 0. The average Bonchev–Trinajstić information content (AvgIpc) is 2.31. The summed E-state index contributed by atoms with van der Waals surface area (Å²) in [4.78, 5) is 12.2. The topological polar surface area (TPSA) is 32.3 Å². The Hall–Kier alpha value is -0.880. The van der Waals surface area contributed by atoms with Crippen LogP contribution in [0.4, 0.5) is 10.2 Å². The minimum atomic E-state index is -0.319. The molecule has 0 amide bonds. The highest BCUT2D eigenvalue weighted by Gasteiger charge is 2.34. The van der Waals surface area contributed by atoms with E-state index in [4.69, 9.17) is 0 Å². The van der Waals surface area contributed by atoms with Crippen LogP contribution in [-0.2, 0) is 0 Å². The van der Waals surface area contributed by atoms with Crippen LogP contribution in [0.2, 0.25) is 0 Å². The van der Waals surface area contributed by atoms with Crippen LogP contribution in [0.1, 0.15) is 0 Å². The van der Waals surface area contributed by atoms with Crippen molar-refractivity contribution in [2.45, 2.75) is 6.04 Å². The minimum Gasteiger partial charge on any atom is -0.351 e. The van der Waals surface area contributed by atoms with Crippen LogP contribution in [0.15, 0.2) is 12.5 Å². The van der Waals surface area contributed by atoms with E-state index in [-0.39, 0.29) is 5.82 Å². The fourth-order valence-corrected chi connectivity index (χ4v) is 3.27. The van der Waals surface area contributed by atoms with Crippen LogP contribution < -0.4 is 4.90 Å². The fraction of sp³-hybridized carbons (Fsp3) is 0.636. The van der Waals surface area contributed by atoms with E-state index in [1.54, 1.807) is 0 Å². The molecule has 4 nitrogen and oxygen atoms in total. The lowest BCUT2D eigenvalue weighted by Crippen LogP contribution is -2.61. The van der Waals surface area contributed by atoms with Crippen molar-refractivity contribution in [1.29, 1.82) is 0 Å². The van der Waals surface area contributed by atoms with Gasteiger partial charge < -0.3 is 4.90 Å². The van der Waals surface area contributed by atoms with E-state index in [9.17, 15) is 4.39 Å². The first-order chi connectivity index (χ1) is 8.34. The molecule has 1 aromatic rings. The zero-order valence-electron chi connectivity index (χ0n) is 9.55. The molecule has 0 saturated carbocycles. The molecule has 3 rings (SSSR count). The lowest BCUT2D eigenvalue weighted by molar-refractivity contribution is 0.181. The third-order valence-corrected chi connectivity index (χ3v) is 4.31. The summed E-state index contributed by atoms with van der Waals surface area (Å²) in [6.07, 6.45) is 2.64. The Morgan fingerprint density at radius 1 is 1.29 bits per heavy atom. The van der Waals surface area contributed by atoms with Gasteiger partial charge in [-0.15, -0.1) is 0 Å². The normalized spacial score (nSPS) is 22.5. The molecule has 17 heavy (non-hydrogen) atoms. The van der Waals surface area contributed by atoms with Crippen LogP contribution in [0.5, 0.6) is 0 Å². The molecular weight excluding hydrogens is 239 g/mol. The molecule has 0 spiro atoms. The van der Waals surface area contributed by atoms with Gasteiger partial charge >= 0.3 is 0 Å². The highest BCUT2D eigenvalue weighted by molar-refractivity contribution is 7.99. The van der Waals surface area contributed by atoms with Gasteiger partial charge in [0.15, 0.2) is 11.6 Å². The van der Waals surface area contributed by atoms with Crippen molar-refractivity contribution in [3.05, 3.63) is 18.3 Å². The van der Waals surface area contributed by atoms with Gasteiger partial charge in [-0.2, -0.15) is 11.8 Å². The minimum absolute atomic E-state index is 0.319. The Balaban J connectivity index is 1.59. The SMILES string of the molecule is Fc1cncnc1N1CC(N2CCSCC2)C1. The largest absolute Gasteiger partial charge is 0.351 e. The standard InChI is InChI=1S/C11H15FN4S/c12-10-5-13-8-14-11(10)16-6-9(7-16)15-1-3-17-4-2-15/h5,8-9H,1-4,6-7H2. The highest BCUT2D eigenvalue weighted by atomic mass is 32.2. The third kappa shape index (κ3) is 2.24. The van der Waals surface area contributed by atoms with Crippen LogP contribution in [-0.4, -0.2) is 58.6 Å². The van der Waals surface area contributed by atoms with E-state index in [2.05, 4.69) is 14.9 Å². The number of aromatic nitrogens is 2. The number of nitrogens with zero attached hydrogens (tertiary/aromatic N) is 4. The number of halogens is 1. The summed E-state index contributed by atoms with van der Waals surface area (Å²) in [5.74, 6) is 2.57. The van der Waals surface area contributed by atoms with E-state index in [0.717, 1.165) is 26.2 Å². The first kappa shape index (κ1) is 11.2. The van der Waals surface area contributed by atoms with E-state index >= 15 is 0 Å². The second-order valence-electron chi connectivity index (χ2n) is 4.40. The van der Waals surface area contributed by atoms with Crippen molar-refractivity contribution in [2.75, 3.05) is 42.6 Å². The third-order valence-electron chi connectivity index (χ3n) is 3.37. The Bertz CT molecular complexity index is 391. The summed E-state index contributed by atoms with van der Waals surface area (Å²) >= 11 is 2.01. The molecule has 0 aliphatic carbocycles. The predicted octanol–water partition coefficient (Wildman–Crippen LogP) is 0.853. The van der Waals surface area contributed by atoms with Gasteiger partial charge in [-0.3, -0.25) is 4.90 Å². The summed E-state index contributed by atoms with van der Waals surface area (Å²) in [7, 11) is 0. The van der Waals surface area contributed by atoms with Crippen molar-refractivity contribution in [1.82, 2.24) is 14.9 Å². The lowest BCUT2D eigenvalue weighted by Gasteiger charge is -2.47. The maximum Gasteiger partial charge on any atom is 0.183 e. The van der Waals surface area contributed by atoms with Gasteiger partial charge in [0.05, 0.1) is 6.20 Å². The number of anilines is 1. The maximum atomic E-state index is 13.4. The van der Waals surface area contributed by atoms with Crippen LogP contribution >= 0.6 is 11.8 Å². The molecule has 6 heteroatoms. The van der Waals surface area contributed by atoms with Gasteiger partial charge in [-0.25, -0.2) is 14.4 Å². The van der Waals surface area contributed by atoms with Gasteiger partial charge in [0.1, 0.15) is 6.33 Å². The van der Waals surface area contributed by atoms with Crippen LogP contribution in [0, 0.1) is 5.82 Å². The van der Waals surface area contributed by atoms with Gasteiger partial charge in [-0.05, 0) is 0 Å². The average molecular weight is 254 g/mol. The van der Waals surface area contributed by atoms with Crippen molar-refractivity contribution < 1.29 is 4.39 Å². The molecule has 0 unspecified atom stereocenters. The van der Waals surface area contributed by atoms with Crippen LogP contribution in [0.3, 0.4) is 0 Å². The molecule has 0 aromatic carbocycles. The van der Waals surface area contributed by atoms with Gasteiger partial charge in [0.25, 0.3) is 0 Å². The molecule has 0 N–H and O–H groups in total. The van der Waals surface area contributed by atoms with Crippen molar-refractivity contribution in [2.24, 2.45) is 0 Å². The summed E-state index contributed by atoms with van der Waals surface area (Å²) in [6.45, 7) is 4.10. The molecule has 2 saturated heterocycles. The fourth-order valence-electron chi connectivity index (χ4n) is 2.34. The Labute approximate surface area is 104 Å². The molecule has 0 radical (unpaired) electrons. The summed E-state index contributed by atoms with van der Waals surface area (Å²) < 4.78 is 13.4. The van der Waals surface area contributed by atoms with Crippen LogP contribution in [0.25, 0.3) is 0 Å². The molecule has 2 aliphatic heterocycles. The van der Waals surface area contributed by atoms with E-state index < -0.39 is 0 Å². The zero-order chi connectivity index (χ0) is 11.7. The Morgan fingerprint density at radius 3 is 2.76 bits per heavy atom. The van der Waals surface area contributed by atoms with Crippen molar-refractivity contribution in [3.8, 4) is 0 Å². The number of hydrogen-bond acceptors (Lipinski definition) is 5. The smallest absolute Gasteiger partial charge is 0.183 e. The van der Waals surface area contributed by atoms with E-state index in [1.807, 2.05) is 16.7 Å². The first-order valence-corrected chi connectivity index (χ1v) is 7.02. The van der Waals surface area contributed by atoms with E-state index in [0.29, 0.717) is 11.9 Å². The van der Waals surface area contributed by atoms with Gasteiger partial charge in [-0.1, -0.05) is 0 Å². The zero-order valence-corrected chi connectivity index (χ0v) is 10.4. The first-order valence-electron chi connectivity index (χ1n) is 5.87. The number of hydrogen-bond donors (Lipinski definition) is 0. The van der Waals surface area contributed by atoms with Crippen molar-refractivity contribution >= 4 is 17.6 Å². The molecule has 0 atom stereocenters. The molecule has 0 bridgehead atoms. The molecule has 1 aromatic heterocycles. The van der Waals surface area contributed by atoms with Gasteiger partial charge in [0.2, 0.25) is 0 Å². The highest BCUT2D eigenvalue weighted by Crippen LogP contribution is 2.25. The van der Waals surface area contributed by atoms with Crippen molar-refractivity contribution in [3.63, 3.8) is 0 Å². The molecule has 2 fully saturated rings. The molecule has 2 aliphatic rings. The second kappa shape index (κ2) is 4.78. The molecular formula is C11H15FN4S. The molecule has 92 valence electrons. The number of rotatable bonds is 2. The second-order valence-corrected chi connectivity index (χ2v) is 5.63. The summed E-state index contributed by atoms with van der Waals surface area (Å²) in [6, 6.07) is 0.574. The van der Waals surface area contributed by atoms with Gasteiger partial charge in [0, 0.05) is 43.7 Å². The monoisotopic (exact) mass is 254 g/mol. The maximum absolute atomic E-state index is 13.4. The van der Waals surface area contributed by atoms with E-state index in [1.165, 1.54) is 24.0 Å². The number of thioether (sulfide) groups is 1. The summed E-state index contributed by atoms with van der Waals surface area (Å²) in [5.41, 5.74) is 0. The Kier molecular flexibility index (Phi) is 3.15. The Morgan fingerprint density at radius 2 is 2.06 bits per heavy atom. The quantitative estimate of drug-likeness (QED) is 0.781. The predicted molar refractivity (Wildman–Crippen MR) is 66.9 cm³/mol. The molecule has 3 heterocycles.